The summed E-state index contributed by atoms with van der Waals surface area (Å²) in [6.45, 7) is 0. The van der Waals surface area contributed by atoms with Gasteiger partial charge in [0.1, 0.15) is 10.8 Å². The molecule has 1 heterocycles. The summed E-state index contributed by atoms with van der Waals surface area (Å²) in [5.74, 6) is -0.103. The molecule has 0 aliphatic carbocycles. The van der Waals surface area contributed by atoms with Crippen LogP contribution in [0.15, 0.2) is 22.7 Å². The molecule has 1 aromatic heterocycles. The van der Waals surface area contributed by atoms with E-state index in [1.54, 1.807) is 6.07 Å². The van der Waals surface area contributed by atoms with E-state index in [9.17, 15) is 4.39 Å². The molecular weight excluding hydrogens is 269 g/mol. The summed E-state index contributed by atoms with van der Waals surface area (Å²) in [6.07, 6.45) is 0. The second-order valence-electron chi connectivity index (χ2n) is 2.62. The minimum Gasteiger partial charge on any atom is -0.367 e. The van der Waals surface area contributed by atoms with Crippen LogP contribution in [-0.4, -0.2) is 9.36 Å². The van der Waals surface area contributed by atoms with E-state index < -0.39 is 0 Å². The van der Waals surface area contributed by atoms with E-state index >= 15 is 0 Å². The highest BCUT2D eigenvalue weighted by Crippen LogP contribution is 2.26. The first-order chi connectivity index (χ1) is 6.65. The average Bonchev–Trinajstić information content (AvgIpc) is 2.50. The van der Waals surface area contributed by atoms with Crippen LogP contribution >= 0.6 is 27.5 Å². The van der Waals surface area contributed by atoms with Crippen molar-refractivity contribution in [3.8, 4) is 10.6 Å². The summed E-state index contributed by atoms with van der Waals surface area (Å²) in [5.41, 5.74) is 6.05. The zero-order valence-electron chi connectivity index (χ0n) is 6.87. The number of nitrogens with zero attached hydrogens (tertiary/aromatic N) is 2. The number of hydrogen-bond donors (Lipinski definition) is 1. The third-order valence-electron chi connectivity index (χ3n) is 1.55. The molecule has 72 valence electrons. The molecule has 0 bridgehead atoms. The smallest absolute Gasteiger partial charge is 0.232 e. The fourth-order valence-electron chi connectivity index (χ4n) is 1.03. The third kappa shape index (κ3) is 1.91. The minimum absolute atomic E-state index is 0.213. The van der Waals surface area contributed by atoms with Crippen LogP contribution in [0.1, 0.15) is 0 Å². The minimum atomic E-state index is -0.317. The van der Waals surface area contributed by atoms with E-state index in [1.165, 1.54) is 12.1 Å². The molecule has 0 aliphatic rings. The highest BCUT2D eigenvalue weighted by atomic mass is 79.9. The van der Waals surface area contributed by atoms with E-state index in [4.69, 9.17) is 5.73 Å². The van der Waals surface area contributed by atoms with Crippen molar-refractivity contribution >= 4 is 33.4 Å². The largest absolute Gasteiger partial charge is 0.367 e. The molecule has 6 heteroatoms. The zero-order valence-corrected chi connectivity index (χ0v) is 9.27. The Kier molecular flexibility index (Phi) is 2.47. The van der Waals surface area contributed by atoms with Crippen LogP contribution in [0.3, 0.4) is 0 Å². The van der Waals surface area contributed by atoms with Gasteiger partial charge in [-0.25, -0.2) is 4.39 Å². The molecule has 0 aliphatic heterocycles. The van der Waals surface area contributed by atoms with Crippen LogP contribution in [0, 0.1) is 5.82 Å². The molecule has 3 nitrogen and oxygen atoms in total. The molecule has 2 N–H and O–H groups in total. The number of hydrogen-bond acceptors (Lipinski definition) is 4. The molecule has 0 amide bonds. The normalized spacial score (nSPS) is 10.4. The van der Waals surface area contributed by atoms with Crippen LogP contribution in [0.5, 0.6) is 0 Å². The Labute approximate surface area is 92.1 Å². The van der Waals surface area contributed by atoms with Crippen LogP contribution in [0.2, 0.25) is 0 Å². The second-order valence-corrected chi connectivity index (χ2v) is 4.28. The fourth-order valence-corrected chi connectivity index (χ4v) is 2.07. The maximum atomic E-state index is 13.0. The van der Waals surface area contributed by atoms with Crippen molar-refractivity contribution in [2.75, 3.05) is 5.73 Å². The van der Waals surface area contributed by atoms with Gasteiger partial charge in [0, 0.05) is 10.0 Å². The van der Waals surface area contributed by atoms with Crippen molar-refractivity contribution in [1.29, 1.82) is 0 Å². The molecule has 0 radical (unpaired) electrons. The first-order valence-electron chi connectivity index (χ1n) is 3.71. The Hall–Kier alpha value is -1.01. The Morgan fingerprint density at radius 2 is 2.14 bits per heavy atom. The Morgan fingerprint density at radius 1 is 1.36 bits per heavy atom. The van der Waals surface area contributed by atoms with Crippen molar-refractivity contribution in [2.24, 2.45) is 0 Å². The van der Waals surface area contributed by atoms with Gasteiger partial charge in [0.2, 0.25) is 5.95 Å². The first kappa shape index (κ1) is 9.54. The Morgan fingerprint density at radius 3 is 2.71 bits per heavy atom. The van der Waals surface area contributed by atoms with E-state index in [0.717, 1.165) is 11.5 Å². The van der Waals surface area contributed by atoms with Gasteiger partial charge < -0.3 is 5.73 Å². The number of anilines is 1. The van der Waals surface area contributed by atoms with E-state index in [0.29, 0.717) is 15.0 Å². The maximum Gasteiger partial charge on any atom is 0.232 e. The summed E-state index contributed by atoms with van der Waals surface area (Å²) >= 11 is 4.35. The summed E-state index contributed by atoms with van der Waals surface area (Å²) in [4.78, 5) is 3.96. The Bertz CT molecular complexity index is 451. The standard InChI is InChI=1S/C8H5BrFN3S/c9-5-1-4(2-6(10)3-5)7-12-8(11)13-14-7/h1-3H,(H2,11,13). The van der Waals surface area contributed by atoms with Crippen molar-refractivity contribution in [3.63, 3.8) is 0 Å². The van der Waals surface area contributed by atoms with Crippen molar-refractivity contribution in [2.45, 2.75) is 0 Å². The Balaban J connectivity index is 2.51. The van der Waals surface area contributed by atoms with Crippen LogP contribution in [0.4, 0.5) is 10.3 Å². The second kappa shape index (κ2) is 3.62. The van der Waals surface area contributed by atoms with Crippen LogP contribution in [-0.2, 0) is 0 Å². The van der Waals surface area contributed by atoms with Crippen molar-refractivity contribution in [1.82, 2.24) is 9.36 Å². The van der Waals surface area contributed by atoms with E-state index in [-0.39, 0.29) is 11.8 Å². The lowest BCUT2D eigenvalue weighted by Crippen LogP contribution is -1.86. The van der Waals surface area contributed by atoms with Crippen LogP contribution < -0.4 is 5.73 Å². The quantitative estimate of drug-likeness (QED) is 0.869. The number of nitrogen functional groups attached to an aromatic ring is 1. The van der Waals surface area contributed by atoms with E-state index in [1.807, 2.05) is 0 Å². The SMILES string of the molecule is Nc1nsc(-c2cc(F)cc(Br)c2)n1. The van der Waals surface area contributed by atoms with Crippen molar-refractivity contribution in [3.05, 3.63) is 28.5 Å². The molecule has 0 unspecified atom stereocenters. The monoisotopic (exact) mass is 273 g/mol. The number of aromatic nitrogens is 2. The highest BCUT2D eigenvalue weighted by Gasteiger charge is 2.06. The maximum absolute atomic E-state index is 13.0. The molecule has 0 atom stereocenters. The van der Waals surface area contributed by atoms with Gasteiger partial charge in [0.25, 0.3) is 0 Å². The molecule has 0 saturated heterocycles. The number of rotatable bonds is 1. The lowest BCUT2D eigenvalue weighted by atomic mass is 10.2. The van der Waals surface area contributed by atoms with Gasteiger partial charge in [-0.1, -0.05) is 15.9 Å². The highest BCUT2D eigenvalue weighted by molar-refractivity contribution is 9.10. The number of halogens is 2. The average molecular weight is 274 g/mol. The summed E-state index contributed by atoms with van der Waals surface area (Å²) in [6, 6.07) is 4.54. The van der Waals surface area contributed by atoms with Gasteiger partial charge in [-0.15, -0.1) is 0 Å². The molecule has 0 spiro atoms. The summed E-state index contributed by atoms with van der Waals surface area (Å²) in [5, 5.41) is 0.614. The third-order valence-corrected chi connectivity index (χ3v) is 2.79. The molecular formula is C8H5BrFN3S. The molecule has 14 heavy (non-hydrogen) atoms. The summed E-state index contributed by atoms with van der Waals surface area (Å²) in [7, 11) is 0. The predicted octanol–water partition coefficient (Wildman–Crippen LogP) is 2.69. The zero-order chi connectivity index (χ0) is 10.1. The molecule has 2 aromatic rings. The lowest BCUT2D eigenvalue weighted by Gasteiger charge is -1.97. The van der Waals surface area contributed by atoms with Crippen molar-refractivity contribution < 1.29 is 4.39 Å². The van der Waals surface area contributed by atoms with Gasteiger partial charge in [0.15, 0.2) is 0 Å². The fraction of sp³-hybridized carbons (Fsp3) is 0. The molecule has 2 rings (SSSR count). The summed E-state index contributed by atoms with van der Waals surface area (Å²) < 4.78 is 17.5. The topological polar surface area (TPSA) is 51.8 Å². The molecule has 0 fully saturated rings. The predicted molar refractivity (Wildman–Crippen MR) is 57.4 cm³/mol. The number of nitrogens with two attached hydrogens (primary N) is 1. The van der Waals surface area contributed by atoms with Gasteiger partial charge in [-0.2, -0.15) is 9.36 Å². The molecule has 1 aromatic carbocycles. The van der Waals surface area contributed by atoms with Gasteiger partial charge >= 0.3 is 0 Å². The van der Waals surface area contributed by atoms with Gasteiger partial charge in [-0.05, 0) is 29.7 Å². The van der Waals surface area contributed by atoms with Gasteiger partial charge in [0.05, 0.1) is 0 Å². The van der Waals surface area contributed by atoms with Gasteiger partial charge in [-0.3, -0.25) is 0 Å². The molecule has 0 saturated carbocycles. The van der Waals surface area contributed by atoms with Crippen LogP contribution in [0.25, 0.3) is 10.6 Å². The lowest BCUT2D eigenvalue weighted by molar-refractivity contribution is 0.627. The number of benzene rings is 1. The first-order valence-corrected chi connectivity index (χ1v) is 5.27. The van der Waals surface area contributed by atoms with E-state index in [2.05, 4.69) is 25.3 Å².